The Morgan fingerprint density at radius 2 is 1.85 bits per heavy atom. The smallest absolute Gasteiger partial charge is 0.302 e. The molecule has 3 rings (SSSR count). The molecule has 20 heavy (non-hydrogen) atoms. The van der Waals surface area contributed by atoms with Crippen molar-refractivity contribution in [2.75, 3.05) is 0 Å². The minimum absolute atomic E-state index is 0.0131. The molecule has 0 aromatic rings. The van der Waals surface area contributed by atoms with Crippen LogP contribution in [0.25, 0.3) is 0 Å². The Morgan fingerprint density at radius 1 is 1.15 bits per heavy atom. The molecular formula is C17H28O3. The van der Waals surface area contributed by atoms with Crippen molar-refractivity contribution < 1.29 is 14.6 Å². The van der Waals surface area contributed by atoms with E-state index in [0.29, 0.717) is 17.3 Å². The Labute approximate surface area is 122 Å². The van der Waals surface area contributed by atoms with E-state index in [0.717, 1.165) is 38.5 Å². The number of ether oxygens (including phenoxy) is 1. The Bertz CT molecular complexity index is 430. The summed E-state index contributed by atoms with van der Waals surface area (Å²) in [7, 11) is 0. The molecule has 0 aromatic carbocycles. The Hall–Kier alpha value is -0.570. The predicted octanol–water partition coefficient (Wildman–Crippen LogP) is 3.30. The number of fused-ring (bicyclic) bond motifs is 4. The monoisotopic (exact) mass is 280 g/mol. The second kappa shape index (κ2) is 4.22. The lowest BCUT2D eigenvalue weighted by Crippen LogP contribution is -2.58. The van der Waals surface area contributed by atoms with Gasteiger partial charge in [0.1, 0.15) is 6.10 Å². The fourth-order valence-corrected chi connectivity index (χ4v) is 5.48. The van der Waals surface area contributed by atoms with Gasteiger partial charge in [0.2, 0.25) is 0 Å². The van der Waals surface area contributed by atoms with Gasteiger partial charge < -0.3 is 9.84 Å². The minimum atomic E-state index is -0.526. The molecule has 114 valence electrons. The van der Waals surface area contributed by atoms with Crippen LogP contribution in [0, 0.1) is 22.7 Å². The highest BCUT2D eigenvalue weighted by Crippen LogP contribution is 2.64. The second-order valence-electron chi connectivity index (χ2n) is 8.52. The van der Waals surface area contributed by atoms with Gasteiger partial charge in [-0.2, -0.15) is 0 Å². The van der Waals surface area contributed by atoms with Gasteiger partial charge in [0.15, 0.2) is 0 Å². The number of carbonyl (C=O) groups excluding carboxylic acids is 1. The Kier molecular flexibility index (Phi) is 3.03. The number of carbonyl (C=O) groups is 1. The van der Waals surface area contributed by atoms with Crippen molar-refractivity contribution in [3.05, 3.63) is 0 Å². The van der Waals surface area contributed by atoms with Crippen LogP contribution in [0.15, 0.2) is 0 Å². The van der Waals surface area contributed by atoms with Crippen LogP contribution in [0.1, 0.15) is 66.2 Å². The van der Waals surface area contributed by atoms with E-state index in [1.807, 2.05) is 0 Å². The van der Waals surface area contributed by atoms with Crippen LogP contribution in [0.4, 0.5) is 0 Å². The molecule has 0 amide bonds. The van der Waals surface area contributed by atoms with Crippen LogP contribution in [-0.4, -0.2) is 22.8 Å². The maximum atomic E-state index is 11.3. The van der Waals surface area contributed by atoms with Gasteiger partial charge in [-0.3, -0.25) is 4.79 Å². The zero-order chi connectivity index (χ0) is 14.8. The number of aliphatic hydroxyl groups is 1. The summed E-state index contributed by atoms with van der Waals surface area (Å²) in [6.45, 7) is 8.37. The third-order valence-corrected chi connectivity index (χ3v) is 6.59. The van der Waals surface area contributed by atoms with E-state index < -0.39 is 5.60 Å². The van der Waals surface area contributed by atoms with E-state index in [4.69, 9.17) is 4.74 Å². The molecule has 3 aliphatic carbocycles. The standard InChI is InChI=1S/C17H28O3/c1-11(18)20-14-6-8-17(19)10-16(14,4)7-5-12-13(17)9-15(12,2)3/h12-14,19H,5-10H2,1-4H3/t12-,13+,14+,16-,17+/m0/s1. The van der Waals surface area contributed by atoms with Crippen LogP contribution in [0.2, 0.25) is 0 Å². The second-order valence-corrected chi connectivity index (χ2v) is 8.52. The number of esters is 1. The van der Waals surface area contributed by atoms with Crippen molar-refractivity contribution in [3.63, 3.8) is 0 Å². The molecule has 3 fully saturated rings. The summed E-state index contributed by atoms with van der Waals surface area (Å²) < 4.78 is 5.57. The highest BCUT2D eigenvalue weighted by Gasteiger charge is 2.62. The van der Waals surface area contributed by atoms with Crippen LogP contribution >= 0.6 is 0 Å². The van der Waals surface area contributed by atoms with E-state index in [1.54, 1.807) is 0 Å². The molecule has 5 atom stereocenters. The molecule has 3 aliphatic rings. The fraction of sp³-hybridized carbons (Fsp3) is 0.941. The Morgan fingerprint density at radius 3 is 2.45 bits per heavy atom. The van der Waals surface area contributed by atoms with E-state index in [-0.39, 0.29) is 17.5 Å². The largest absolute Gasteiger partial charge is 0.462 e. The molecule has 0 heterocycles. The van der Waals surface area contributed by atoms with Crippen molar-refractivity contribution in [1.82, 2.24) is 0 Å². The molecule has 0 spiro atoms. The van der Waals surface area contributed by atoms with E-state index in [9.17, 15) is 9.90 Å². The van der Waals surface area contributed by atoms with Gasteiger partial charge in [-0.25, -0.2) is 0 Å². The number of hydrogen-bond acceptors (Lipinski definition) is 3. The first-order chi connectivity index (χ1) is 9.16. The van der Waals surface area contributed by atoms with E-state index in [1.165, 1.54) is 6.92 Å². The summed E-state index contributed by atoms with van der Waals surface area (Å²) in [5.74, 6) is 0.900. The Balaban J connectivity index is 1.87. The molecule has 0 aliphatic heterocycles. The summed E-state index contributed by atoms with van der Waals surface area (Å²) >= 11 is 0. The summed E-state index contributed by atoms with van der Waals surface area (Å²) in [5.41, 5.74) is -0.209. The first-order valence-electron chi connectivity index (χ1n) is 8.06. The van der Waals surface area contributed by atoms with Crippen LogP contribution in [0.5, 0.6) is 0 Å². The number of rotatable bonds is 1. The van der Waals surface area contributed by atoms with Gasteiger partial charge in [0.05, 0.1) is 5.60 Å². The van der Waals surface area contributed by atoms with Crippen molar-refractivity contribution in [2.45, 2.75) is 77.9 Å². The molecule has 1 N–H and O–H groups in total. The lowest BCUT2D eigenvalue weighted by Gasteiger charge is -2.58. The SMILES string of the molecule is CC(=O)O[C@@H]1CC[C@@]2(O)C[C@]1(C)CC[C@H]1[C@H]2CC1(C)C. The molecule has 0 unspecified atom stereocenters. The van der Waals surface area contributed by atoms with Gasteiger partial charge in [0.25, 0.3) is 0 Å². The van der Waals surface area contributed by atoms with Gasteiger partial charge in [-0.1, -0.05) is 20.8 Å². The molecular weight excluding hydrogens is 252 g/mol. The summed E-state index contributed by atoms with van der Waals surface area (Å²) in [6.07, 6.45) is 5.76. The van der Waals surface area contributed by atoms with E-state index >= 15 is 0 Å². The fourth-order valence-electron chi connectivity index (χ4n) is 5.48. The molecule has 0 radical (unpaired) electrons. The molecule has 3 saturated carbocycles. The maximum Gasteiger partial charge on any atom is 0.302 e. The molecule has 3 nitrogen and oxygen atoms in total. The van der Waals surface area contributed by atoms with Gasteiger partial charge >= 0.3 is 5.97 Å². The highest BCUT2D eigenvalue weighted by atomic mass is 16.5. The number of hydrogen-bond donors (Lipinski definition) is 1. The third kappa shape index (κ3) is 2.01. The topological polar surface area (TPSA) is 46.5 Å². The quantitative estimate of drug-likeness (QED) is 0.750. The van der Waals surface area contributed by atoms with Crippen molar-refractivity contribution >= 4 is 5.97 Å². The normalized spacial score (nSPS) is 49.5. The molecule has 0 aromatic heterocycles. The van der Waals surface area contributed by atoms with Crippen molar-refractivity contribution in [3.8, 4) is 0 Å². The van der Waals surface area contributed by atoms with Crippen molar-refractivity contribution in [1.29, 1.82) is 0 Å². The highest BCUT2D eigenvalue weighted by molar-refractivity contribution is 5.66. The average Bonchev–Trinajstić information content (AvgIpc) is 2.37. The first-order valence-corrected chi connectivity index (χ1v) is 8.06. The summed E-state index contributed by atoms with van der Waals surface area (Å²) in [5, 5.41) is 11.2. The summed E-state index contributed by atoms with van der Waals surface area (Å²) in [4.78, 5) is 11.3. The first kappa shape index (κ1) is 14.4. The third-order valence-electron chi connectivity index (χ3n) is 6.59. The van der Waals surface area contributed by atoms with E-state index in [2.05, 4.69) is 20.8 Å². The average molecular weight is 280 g/mol. The lowest BCUT2D eigenvalue weighted by molar-refractivity contribution is -0.188. The molecule has 0 saturated heterocycles. The zero-order valence-corrected chi connectivity index (χ0v) is 13.2. The molecule has 2 bridgehead atoms. The van der Waals surface area contributed by atoms with Crippen LogP contribution in [-0.2, 0) is 9.53 Å². The van der Waals surface area contributed by atoms with Gasteiger partial charge in [-0.05, 0) is 55.8 Å². The predicted molar refractivity (Wildman–Crippen MR) is 77.1 cm³/mol. The van der Waals surface area contributed by atoms with Crippen LogP contribution in [0.3, 0.4) is 0 Å². The summed E-state index contributed by atoms with van der Waals surface area (Å²) in [6, 6.07) is 0. The zero-order valence-electron chi connectivity index (χ0n) is 13.2. The lowest BCUT2D eigenvalue weighted by atomic mass is 9.49. The van der Waals surface area contributed by atoms with Crippen LogP contribution < -0.4 is 0 Å². The maximum absolute atomic E-state index is 11.3. The van der Waals surface area contributed by atoms with Crippen molar-refractivity contribution in [2.24, 2.45) is 22.7 Å². The molecule has 3 heteroatoms. The van der Waals surface area contributed by atoms with Gasteiger partial charge in [-0.15, -0.1) is 0 Å². The minimum Gasteiger partial charge on any atom is -0.462 e. The van der Waals surface area contributed by atoms with Gasteiger partial charge in [0, 0.05) is 12.3 Å².